The van der Waals surface area contributed by atoms with Gasteiger partial charge in [-0.2, -0.15) is 5.10 Å². The number of carbonyl (C=O) groups excluding carboxylic acids is 1. The summed E-state index contributed by atoms with van der Waals surface area (Å²) in [4.78, 5) is 29.6. The molecule has 2 aromatic rings. The molecule has 0 saturated carbocycles. The first-order valence-corrected chi connectivity index (χ1v) is 8.17. The molecule has 2 aromatic heterocycles. The van der Waals surface area contributed by atoms with Crippen LogP contribution in [0, 0.1) is 6.92 Å². The standard InChI is InChI=1S/C17H20N4O2/c1-10-8-18-20-15(10)12-5-6-21(9-12)17(23)13-7-11-3-2-4-14(11)19-16(13)22/h7-8,12H,2-6,9H2,1H3,(H,18,20)(H,19,22). The maximum atomic E-state index is 12.7. The van der Waals surface area contributed by atoms with E-state index in [9.17, 15) is 9.59 Å². The number of aromatic amines is 2. The van der Waals surface area contributed by atoms with E-state index < -0.39 is 0 Å². The van der Waals surface area contributed by atoms with E-state index in [1.165, 1.54) is 0 Å². The van der Waals surface area contributed by atoms with E-state index in [4.69, 9.17) is 0 Å². The predicted molar refractivity (Wildman–Crippen MR) is 85.7 cm³/mol. The Morgan fingerprint density at radius 1 is 1.39 bits per heavy atom. The molecule has 1 unspecified atom stereocenters. The van der Waals surface area contributed by atoms with Gasteiger partial charge in [-0.15, -0.1) is 0 Å². The highest BCUT2D eigenvalue weighted by molar-refractivity contribution is 5.94. The Hall–Kier alpha value is -2.37. The van der Waals surface area contributed by atoms with Crippen LogP contribution in [0.1, 0.15) is 51.6 Å². The number of aromatic nitrogens is 3. The molecule has 0 spiro atoms. The highest BCUT2D eigenvalue weighted by Crippen LogP contribution is 2.28. The van der Waals surface area contributed by atoms with Gasteiger partial charge in [0, 0.05) is 30.4 Å². The third-order valence-electron chi connectivity index (χ3n) is 5.07. The number of H-pyrrole nitrogens is 2. The van der Waals surface area contributed by atoms with E-state index in [0.29, 0.717) is 13.1 Å². The van der Waals surface area contributed by atoms with Crippen LogP contribution in [-0.2, 0) is 12.8 Å². The number of nitrogens with zero attached hydrogens (tertiary/aromatic N) is 2. The highest BCUT2D eigenvalue weighted by Gasteiger charge is 2.31. The number of amides is 1. The Bertz CT molecular complexity index is 820. The summed E-state index contributed by atoms with van der Waals surface area (Å²) < 4.78 is 0. The van der Waals surface area contributed by atoms with Crippen molar-refractivity contribution in [2.24, 2.45) is 0 Å². The van der Waals surface area contributed by atoms with Gasteiger partial charge < -0.3 is 9.88 Å². The van der Waals surface area contributed by atoms with Gasteiger partial charge in [0.1, 0.15) is 5.56 Å². The number of pyridine rings is 1. The maximum Gasteiger partial charge on any atom is 0.261 e. The van der Waals surface area contributed by atoms with Crippen LogP contribution in [0.4, 0.5) is 0 Å². The Morgan fingerprint density at radius 3 is 3.04 bits per heavy atom. The van der Waals surface area contributed by atoms with Crippen LogP contribution >= 0.6 is 0 Å². The van der Waals surface area contributed by atoms with E-state index in [1.807, 2.05) is 13.1 Å². The lowest BCUT2D eigenvalue weighted by atomic mass is 10.0. The van der Waals surface area contributed by atoms with Gasteiger partial charge in [0.2, 0.25) is 0 Å². The van der Waals surface area contributed by atoms with Crippen LogP contribution in [-0.4, -0.2) is 39.1 Å². The molecule has 0 radical (unpaired) electrons. The lowest BCUT2D eigenvalue weighted by Crippen LogP contribution is -2.33. The molecule has 1 aliphatic carbocycles. The molecule has 6 nitrogen and oxygen atoms in total. The number of likely N-dealkylation sites (tertiary alicyclic amines) is 1. The number of carbonyl (C=O) groups is 1. The number of hydrogen-bond acceptors (Lipinski definition) is 3. The molecule has 23 heavy (non-hydrogen) atoms. The number of aryl methyl sites for hydroxylation is 3. The minimum Gasteiger partial charge on any atom is -0.338 e. The molecule has 4 rings (SSSR count). The molecular formula is C17H20N4O2. The molecule has 2 aliphatic rings. The summed E-state index contributed by atoms with van der Waals surface area (Å²) in [6.07, 6.45) is 5.61. The van der Waals surface area contributed by atoms with Gasteiger partial charge in [0.15, 0.2) is 0 Å². The van der Waals surface area contributed by atoms with Gasteiger partial charge in [-0.25, -0.2) is 0 Å². The molecule has 1 amide bonds. The molecule has 1 saturated heterocycles. The number of nitrogens with one attached hydrogen (secondary N) is 2. The zero-order valence-corrected chi connectivity index (χ0v) is 13.2. The lowest BCUT2D eigenvalue weighted by Gasteiger charge is -2.16. The minimum atomic E-state index is -0.253. The van der Waals surface area contributed by atoms with Crippen LogP contribution < -0.4 is 5.56 Å². The van der Waals surface area contributed by atoms with Crippen molar-refractivity contribution in [2.75, 3.05) is 13.1 Å². The van der Waals surface area contributed by atoms with E-state index in [1.54, 1.807) is 11.0 Å². The summed E-state index contributed by atoms with van der Waals surface area (Å²) in [7, 11) is 0. The second-order valence-corrected chi connectivity index (χ2v) is 6.57. The van der Waals surface area contributed by atoms with Gasteiger partial charge in [-0.1, -0.05) is 0 Å². The summed E-state index contributed by atoms with van der Waals surface area (Å²) >= 11 is 0. The Morgan fingerprint density at radius 2 is 2.26 bits per heavy atom. The lowest BCUT2D eigenvalue weighted by molar-refractivity contribution is 0.0788. The Kier molecular flexibility index (Phi) is 3.32. The molecule has 2 N–H and O–H groups in total. The van der Waals surface area contributed by atoms with E-state index in [2.05, 4.69) is 15.2 Å². The van der Waals surface area contributed by atoms with Crippen molar-refractivity contribution in [3.63, 3.8) is 0 Å². The van der Waals surface area contributed by atoms with Gasteiger partial charge in [0.25, 0.3) is 11.5 Å². The minimum absolute atomic E-state index is 0.152. The van der Waals surface area contributed by atoms with Gasteiger partial charge in [0.05, 0.1) is 6.20 Å². The molecule has 6 heteroatoms. The zero-order chi connectivity index (χ0) is 16.0. The van der Waals surface area contributed by atoms with Gasteiger partial charge >= 0.3 is 0 Å². The van der Waals surface area contributed by atoms with E-state index >= 15 is 0 Å². The first-order valence-electron chi connectivity index (χ1n) is 8.17. The Labute approximate surface area is 133 Å². The summed E-state index contributed by atoms with van der Waals surface area (Å²) in [6, 6.07) is 1.80. The van der Waals surface area contributed by atoms with Crippen molar-refractivity contribution >= 4 is 5.91 Å². The molecule has 0 bridgehead atoms. The summed E-state index contributed by atoms with van der Waals surface area (Å²) in [6.45, 7) is 3.34. The summed E-state index contributed by atoms with van der Waals surface area (Å²) in [5.41, 5.74) is 4.37. The average Bonchev–Trinajstić information content (AvgIpc) is 3.24. The first kappa shape index (κ1) is 14.2. The zero-order valence-electron chi connectivity index (χ0n) is 13.2. The fraction of sp³-hybridized carbons (Fsp3) is 0.471. The second-order valence-electron chi connectivity index (χ2n) is 6.57. The van der Waals surface area contributed by atoms with Gasteiger partial charge in [-0.05, 0) is 49.8 Å². The van der Waals surface area contributed by atoms with Crippen LogP contribution in [0.3, 0.4) is 0 Å². The quantitative estimate of drug-likeness (QED) is 0.882. The molecule has 1 fully saturated rings. The molecule has 1 aliphatic heterocycles. The van der Waals surface area contributed by atoms with Crippen molar-refractivity contribution in [3.05, 3.63) is 50.7 Å². The SMILES string of the molecule is Cc1cn[nH]c1C1CCN(C(=O)c2cc3c([nH]c2=O)CCC3)C1. The monoisotopic (exact) mass is 312 g/mol. The van der Waals surface area contributed by atoms with Crippen molar-refractivity contribution in [2.45, 2.75) is 38.5 Å². The fourth-order valence-electron chi connectivity index (χ4n) is 3.79. The van der Waals surface area contributed by atoms with Crippen molar-refractivity contribution < 1.29 is 4.79 Å². The smallest absolute Gasteiger partial charge is 0.261 e. The maximum absolute atomic E-state index is 12.7. The number of rotatable bonds is 2. The normalized spacial score (nSPS) is 20.0. The Balaban J connectivity index is 1.57. The first-order chi connectivity index (χ1) is 11.1. The summed E-state index contributed by atoms with van der Waals surface area (Å²) in [5, 5.41) is 7.10. The summed E-state index contributed by atoms with van der Waals surface area (Å²) in [5.74, 6) is 0.121. The second kappa shape index (κ2) is 5.37. The third kappa shape index (κ3) is 2.38. The fourth-order valence-corrected chi connectivity index (χ4v) is 3.79. The number of hydrogen-bond donors (Lipinski definition) is 2. The van der Waals surface area contributed by atoms with Crippen molar-refractivity contribution in [1.29, 1.82) is 0 Å². The number of fused-ring (bicyclic) bond motifs is 1. The molecule has 1 atom stereocenters. The van der Waals surface area contributed by atoms with Crippen LogP contribution in [0.15, 0.2) is 17.1 Å². The molecule has 120 valence electrons. The topological polar surface area (TPSA) is 81.8 Å². The van der Waals surface area contributed by atoms with Crippen LogP contribution in [0.5, 0.6) is 0 Å². The largest absolute Gasteiger partial charge is 0.338 e. The molecule has 0 aromatic carbocycles. The van der Waals surface area contributed by atoms with Crippen LogP contribution in [0.25, 0.3) is 0 Å². The van der Waals surface area contributed by atoms with Crippen LogP contribution in [0.2, 0.25) is 0 Å². The molecular weight excluding hydrogens is 292 g/mol. The molecule has 3 heterocycles. The van der Waals surface area contributed by atoms with E-state index in [0.717, 1.165) is 48.2 Å². The van der Waals surface area contributed by atoms with Crippen molar-refractivity contribution in [1.82, 2.24) is 20.1 Å². The third-order valence-corrected chi connectivity index (χ3v) is 5.07. The average molecular weight is 312 g/mol. The van der Waals surface area contributed by atoms with E-state index in [-0.39, 0.29) is 22.9 Å². The predicted octanol–water partition coefficient (Wildman–Crippen LogP) is 1.52. The van der Waals surface area contributed by atoms with Gasteiger partial charge in [-0.3, -0.25) is 14.7 Å². The van der Waals surface area contributed by atoms with Crippen molar-refractivity contribution in [3.8, 4) is 0 Å². The highest BCUT2D eigenvalue weighted by atomic mass is 16.2.